The quantitative estimate of drug-likeness (QED) is 0.0187. The first kappa shape index (κ1) is 61.1. The lowest BCUT2D eigenvalue weighted by molar-refractivity contribution is -0.138. The van der Waals surface area contributed by atoms with E-state index in [9.17, 15) is 53.1 Å². The summed E-state index contributed by atoms with van der Waals surface area (Å²) >= 11 is 0. The van der Waals surface area contributed by atoms with E-state index in [4.69, 9.17) is 28.0 Å². The molecule has 25 heteroatoms. The van der Waals surface area contributed by atoms with E-state index in [0.717, 1.165) is 0 Å². The van der Waals surface area contributed by atoms with Gasteiger partial charge in [0.05, 0.1) is 19.1 Å². The number of guanidine groups is 1. The molecule has 0 heterocycles. The fraction of sp³-hybridized carbons (Fsp3) is 0.622. The van der Waals surface area contributed by atoms with Crippen LogP contribution in [0.5, 0.6) is 0 Å². The van der Waals surface area contributed by atoms with Gasteiger partial charge in [0.1, 0.15) is 48.8 Å². The molecular weight excluding hydrogens is 915 g/mol. The van der Waals surface area contributed by atoms with Gasteiger partial charge in [-0.25, -0.2) is 0 Å². The first-order valence-electron chi connectivity index (χ1n) is 23.2. The third-order valence-corrected chi connectivity index (χ3v) is 10.7. The topological polar surface area (TPSA) is 424 Å². The molecular formula is C45H75N13O12. The number of nitrogens with two attached hydrogens (primary N) is 4. The van der Waals surface area contributed by atoms with E-state index in [1.165, 1.54) is 6.92 Å². The summed E-state index contributed by atoms with van der Waals surface area (Å²) in [5.74, 6) is -10.3. The monoisotopic (exact) mass is 990 g/mol. The van der Waals surface area contributed by atoms with E-state index >= 15 is 0 Å². The van der Waals surface area contributed by atoms with Gasteiger partial charge < -0.3 is 75.7 Å². The Hall–Kier alpha value is -6.89. The molecule has 9 atom stereocenters. The lowest BCUT2D eigenvalue weighted by Gasteiger charge is -2.30. The van der Waals surface area contributed by atoms with Crippen LogP contribution in [0.3, 0.4) is 0 Å². The van der Waals surface area contributed by atoms with Gasteiger partial charge in [-0.15, -0.1) is 0 Å². The molecule has 0 aliphatic rings. The molecule has 9 amide bonds. The average Bonchev–Trinajstić information content (AvgIpc) is 3.28. The van der Waals surface area contributed by atoms with Crippen molar-refractivity contribution < 1.29 is 58.2 Å². The van der Waals surface area contributed by atoms with Crippen LogP contribution in [0, 0.1) is 17.8 Å². The molecule has 0 aliphatic heterocycles. The van der Waals surface area contributed by atoms with Crippen molar-refractivity contribution in [1.29, 1.82) is 0 Å². The second kappa shape index (κ2) is 31.3. The van der Waals surface area contributed by atoms with Crippen LogP contribution in [0.1, 0.15) is 92.6 Å². The number of hydrogen-bond acceptors (Lipinski definition) is 13. The zero-order chi connectivity index (χ0) is 53.2. The highest BCUT2D eigenvalue weighted by atomic mass is 16.4. The number of carbonyl (C=O) groups excluding carboxylic acids is 9. The zero-order valence-electron chi connectivity index (χ0n) is 41.0. The summed E-state index contributed by atoms with van der Waals surface area (Å²) in [4.78, 5) is 136. The van der Waals surface area contributed by atoms with Crippen molar-refractivity contribution in [2.24, 2.45) is 45.7 Å². The van der Waals surface area contributed by atoms with E-state index in [2.05, 4.69) is 47.5 Å². The van der Waals surface area contributed by atoms with Gasteiger partial charge in [0.2, 0.25) is 53.2 Å². The van der Waals surface area contributed by atoms with Gasteiger partial charge in [0, 0.05) is 13.0 Å². The number of aliphatic imine (C=N–C) groups is 1. The van der Waals surface area contributed by atoms with Crippen LogP contribution in [0.2, 0.25) is 0 Å². The lowest BCUT2D eigenvalue weighted by Crippen LogP contribution is -2.61. The summed E-state index contributed by atoms with van der Waals surface area (Å²) in [5.41, 5.74) is 22.7. The Balaban J connectivity index is 3.53. The number of hydrogen-bond donors (Lipinski definition) is 14. The van der Waals surface area contributed by atoms with Crippen molar-refractivity contribution in [2.45, 2.75) is 142 Å². The number of rotatable bonds is 32. The maximum Gasteiger partial charge on any atom is 0.322 e. The summed E-state index contributed by atoms with van der Waals surface area (Å²) in [6.45, 7) is 10.5. The summed E-state index contributed by atoms with van der Waals surface area (Å²) in [7, 11) is 0. The van der Waals surface area contributed by atoms with E-state index < -0.39 is 133 Å². The molecule has 1 aromatic rings. The molecule has 0 fully saturated rings. The van der Waals surface area contributed by atoms with Crippen molar-refractivity contribution in [2.75, 3.05) is 19.6 Å². The van der Waals surface area contributed by atoms with Crippen LogP contribution in [0.15, 0.2) is 35.3 Å². The van der Waals surface area contributed by atoms with Gasteiger partial charge in [0.25, 0.3) is 0 Å². The van der Waals surface area contributed by atoms with Crippen molar-refractivity contribution >= 4 is 65.1 Å². The van der Waals surface area contributed by atoms with Crippen molar-refractivity contribution in [3.05, 3.63) is 35.9 Å². The number of aliphatic carboxylic acids is 1. The SMILES string of the molecule is CC[C@H](C)[C@H](NC(=O)[C@H](CCCN=C(N)N)NC(=O)[C@H](CC(N)=O)NC(=O)[C@H](CC(C)C)NC(=O)CNC(=O)[C@@H](N)[C@@H](C)O)C(=O)N[C@@H](Cc1ccccc1)C(=O)N[C@@H](CC(C)C)C(=O)NCC(=O)O. The molecule has 0 aliphatic carbocycles. The standard InChI is InChI=1S/C45H75N13O12/c1-8-25(6)37(44(70)57-31(19-27-13-10-9-11-14-27)41(67)55-29(17-23(2)3)38(64)52-22-35(62)63)58-39(65)28(15-12-16-50-45(48)49)54-42(68)32(20-33(46)60)56-40(66)30(18-24(4)5)53-34(61)21-51-43(69)36(47)26(7)59/h9-11,13-14,23-26,28-32,36-37,59H,8,12,15-22,47H2,1-7H3,(H2,46,60)(H,51,69)(H,52,64)(H,53,61)(H,54,68)(H,55,67)(H,56,66)(H,57,70)(H,58,65)(H,62,63)(H4,48,49,50)/t25-,26+,28-,29-,30-,31-,32-,36-,37-/m0/s1. The fourth-order valence-electron chi connectivity index (χ4n) is 6.72. The molecule has 1 rings (SSSR count). The minimum atomic E-state index is -1.69. The maximum atomic E-state index is 14.3. The third kappa shape index (κ3) is 23.9. The Morgan fingerprint density at radius 2 is 1.11 bits per heavy atom. The lowest BCUT2D eigenvalue weighted by atomic mass is 9.96. The number of nitrogens with one attached hydrogen (secondary N) is 8. The summed E-state index contributed by atoms with van der Waals surface area (Å²) in [6, 6.07) is -0.952. The van der Waals surface area contributed by atoms with Gasteiger partial charge in [-0.1, -0.05) is 78.3 Å². The Morgan fingerprint density at radius 1 is 0.614 bits per heavy atom. The number of primary amides is 1. The van der Waals surface area contributed by atoms with Gasteiger partial charge in [-0.2, -0.15) is 0 Å². The number of aliphatic hydroxyl groups is 1. The number of nitrogens with zero attached hydrogens (tertiary/aromatic N) is 1. The number of benzene rings is 1. The number of amides is 9. The van der Waals surface area contributed by atoms with Crippen molar-refractivity contribution in [3.63, 3.8) is 0 Å². The zero-order valence-corrected chi connectivity index (χ0v) is 41.0. The highest BCUT2D eigenvalue weighted by molar-refractivity contribution is 5.99. The molecule has 0 saturated carbocycles. The highest BCUT2D eigenvalue weighted by Gasteiger charge is 2.36. The van der Waals surface area contributed by atoms with Crippen molar-refractivity contribution in [1.82, 2.24) is 42.5 Å². The van der Waals surface area contributed by atoms with Crippen molar-refractivity contribution in [3.8, 4) is 0 Å². The van der Waals surface area contributed by atoms with Gasteiger partial charge in [-0.05, 0) is 55.9 Å². The minimum Gasteiger partial charge on any atom is -0.480 e. The number of carboxylic acid groups (broad SMARTS) is 1. The Morgan fingerprint density at radius 3 is 1.64 bits per heavy atom. The fourth-order valence-corrected chi connectivity index (χ4v) is 6.72. The third-order valence-electron chi connectivity index (χ3n) is 10.7. The molecule has 0 radical (unpaired) electrons. The Kier molecular flexibility index (Phi) is 27.3. The molecule has 0 bridgehead atoms. The molecule has 0 unspecified atom stereocenters. The molecule has 0 aromatic heterocycles. The van der Waals surface area contributed by atoms with E-state index in [1.54, 1.807) is 71.9 Å². The van der Waals surface area contributed by atoms with E-state index in [0.29, 0.717) is 12.0 Å². The number of carbonyl (C=O) groups is 10. The predicted octanol–water partition coefficient (Wildman–Crippen LogP) is -3.77. The van der Waals surface area contributed by atoms with Crippen LogP contribution in [-0.4, -0.2) is 143 Å². The first-order valence-corrected chi connectivity index (χ1v) is 23.2. The smallest absolute Gasteiger partial charge is 0.322 e. The second-order valence-electron chi connectivity index (χ2n) is 17.9. The molecule has 1 aromatic carbocycles. The molecule has 18 N–H and O–H groups in total. The van der Waals surface area contributed by atoms with Gasteiger partial charge in [0.15, 0.2) is 5.96 Å². The Labute approximate surface area is 408 Å². The molecule has 0 saturated heterocycles. The van der Waals surface area contributed by atoms with E-state index in [-0.39, 0.29) is 56.4 Å². The van der Waals surface area contributed by atoms with Crippen LogP contribution >= 0.6 is 0 Å². The highest BCUT2D eigenvalue weighted by Crippen LogP contribution is 2.13. The molecule has 70 heavy (non-hydrogen) atoms. The predicted molar refractivity (Wildman–Crippen MR) is 257 cm³/mol. The van der Waals surface area contributed by atoms with Gasteiger partial charge >= 0.3 is 5.97 Å². The maximum absolute atomic E-state index is 14.3. The largest absolute Gasteiger partial charge is 0.480 e. The average molecular weight is 990 g/mol. The summed E-state index contributed by atoms with van der Waals surface area (Å²) in [6.07, 6.45) is -1.57. The summed E-state index contributed by atoms with van der Waals surface area (Å²) < 4.78 is 0. The van der Waals surface area contributed by atoms with Crippen LogP contribution in [-0.2, 0) is 54.4 Å². The summed E-state index contributed by atoms with van der Waals surface area (Å²) in [5, 5.41) is 38.7. The molecule has 25 nitrogen and oxygen atoms in total. The number of aliphatic hydroxyl groups excluding tert-OH is 1. The minimum absolute atomic E-state index is 0.00309. The molecule has 0 spiro atoms. The molecule has 392 valence electrons. The Bertz CT molecular complexity index is 1960. The normalized spacial score (nSPS) is 14.9. The number of carboxylic acids is 1. The van der Waals surface area contributed by atoms with Gasteiger partial charge in [-0.3, -0.25) is 52.9 Å². The van der Waals surface area contributed by atoms with Crippen LogP contribution in [0.4, 0.5) is 0 Å². The van der Waals surface area contributed by atoms with Crippen LogP contribution < -0.4 is 65.5 Å². The van der Waals surface area contributed by atoms with E-state index in [1.807, 2.05) is 0 Å². The first-order chi connectivity index (χ1) is 32.7. The second-order valence-corrected chi connectivity index (χ2v) is 17.9. The van der Waals surface area contributed by atoms with Crippen LogP contribution in [0.25, 0.3) is 0 Å².